The molecule has 0 heterocycles. The summed E-state index contributed by atoms with van der Waals surface area (Å²) in [7, 11) is 0. The first-order valence-electron chi connectivity index (χ1n) is 8.66. The summed E-state index contributed by atoms with van der Waals surface area (Å²) in [5.74, 6) is 0.701. The summed E-state index contributed by atoms with van der Waals surface area (Å²) < 4.78 is 5.82. The van der Waals surface area contributed by atoms with E-state index in [0.29, 0.717) is 5.75 Å². The molecule has 0 saturated heterocycles. The van der Waals surface area contributed by atoms with Crippen LogP contribution in [0.25, 0.3) is 0 Å². The van der Waals surface area contributed by atoms with Crippen LogP contribution in [0.15, 0.2) is 72.8 Å². The summed E-state index contributed by atoms with van der Waals surface area (Å²) in [6.45, 7) is 4.30. The fourth-order valence-corrected chi connectivity index (χ4v) is 3.25. The normalized spacial score (nSPS) is 11.1. The molecule has 3 aromatic rings. The van der Waals surface area contributed by atoms with Gasteiger partial charge < -0.3 is 4.74 Å². The van der Waals surface area contributed by atoms with Gasteiger partial charge in [-0.3, -0.25) is 9.59 Å². The lowest BCUT2D eigenvalue weighted by molar-refractivity contribution is 0.106. The highest BCUT2D eigenvalue weighted by Gasteiger charge is 2.23. The van der Waals surface area contributed by atoms with E-state index in [-0.39, 0.29) is 22.3 Å². The maximum Gasteiger partial charge on any atom is 0.256 e. The Labute approximate surface area is 173 Å². The van der Waals surface area contributed by atoms with Crippen molar-refractivity contribution in [3.05, 3.63) is 95.1 Å². The highest BCUT2D eigenvalue weighted by Crippen LogP contribution is 2.34. The van der Waals surface area contributed by atoms with Gasteiger partial charge in [0.05, 0.1) is 5.56 Å². The number of benzene rings is 3. The maximum absolute atomic E-state index is 11.6. The van der Waals surface area contributed by atoms with E-state index in [0.717, 1.165) is 5.56 Å². The Balaban J connectivity index is 1.90. The summed E-state index contributed by atoms with van der Waals surface area (Å²) in [4.78, 5) is 23.1. The summed E-state index contributed by atoms with van der Waals surface area (Å²) in [6.07, 6.45) is 0. The predicted molar refractivity (Wildman–Crippen MR) is 112 cm³/mol. The van der Waals surface area contributed by atoms with Crippen molar-refractivity contribution >= 4 is 33.7 Å². The second-order valence-electron chi connectivity index (χ2n) is 6.88. The Morgan fingerprint density at radius 1 is 0.786 bits per heavy atom. The van der Waals surface area contributed by atoms with Crippen LogP contribution in [0.2, 0.25) is 0 Å². The van der Waals surface area contributed by atoms with Crippen LogP contribution in [0.1, 0.15) is 45.7 Å². The first kappa shape index (κ1) is 20.1. The van der Waals surface area contributed by atoms with E-state index in [1.54, 1.807) is 0 Å². The molecule has 0 amide bonds. The number of ether oxygens (including phenoxy) is 1. The van der Waals surface area contributed by atoms with Crippen LogP contribution in [0, 0.1) is 0 Å². The maximum atomic E-state index is 11.6. The van der Waals surface area contributed by atoms with Crippen molar-refractivity contribution in [1.82, 2.24) is 0 Å². The van der Waals surface area contributed by atoms with Gasteiger partial charge in [0.25, 0.3) is 10.5 Å². The van der Waals surface area contributed by atoms with Crippen molar-refractivity contribution in [2.24, 2.45) is 0 Å². The lowest BCUT2D eigenvalue weighted by atomic mass is 9.78. The van der Waals surface area contributed by atoms with Crippen molar-refractivity contribution in [2.45, 2.75) is 19.3 Å². The Kier molecular flexibility index (Phi) is 5.87. The van der Waals surface area contributed by atoms with Crippen LogP contribution < -0.4 is 4.74 Å². The molecular weight excluding hydrogens is 395 g/mol. The summed E-state index contributed by atoms with van der Waals surface area (Å²) >= 11 is 11.1. The SMILES string of the molecule is CC(C)(c1ccccc1)c1ccc(Oc2cc(C(=O)Cl)ccc2C(=O)Cl)cc1. The predicted octanol–water partition coefficient (Wildman–Crippen LogP) is 6.56. The lowest BCUT2D eigenvalue weighted by Crippen LogP contribution is -2.18. The number of rotatable bonds is 6. The minimum Gasteiger partial charge on any atom is -0.457 e. The van der Waals surface area contributed by atoms with E-state index in [9.17, 15) is 9.59 Å². The largest absolute Gasteiger partial charge is 0.457 e. The van der Waals surface area contributed by atoms with Gasteiger partial charge >= 0.3 is 0 Å². The van der Waals surface area contributed by atoms with Gasteiger partial charge in [0.1, 0.15) is 11.5 Å². The Morgan fingerprint density at radius 2 is 1.39 bits per heavy atom. The third-order valence-electron chi connectivity index (χ3n) is 4.72. The average molecular weight is 413 g/mol. The van der Waals surface area contributed by atoms with E-state index in [1.807, 2.05) is 42.5 Å². The lowest BCUT2D eigenvalue weighted by Gasteiger charge is -2.26. The van der Waals surface area contributed by atoms with Crippen molar-refractivity contribution in [3.8, 4) is 11.5 Å². The molecule has 3 aromatic carbocycles. The molecule has 0 bridgehead atoms. The van der Waals surface area contributed by atoms with Gasteiger partial charge in [0.2, 0.25) is 0 Å². The molecule has 0 spiro atoms. The highest BCUT2D eigenvalue weighted by molar-refractivity contribution is 6.68. The molecule has 0 atom stereocenters. The third kappa shape index (κ3) is 4.27. The molecule has 0 aliphatic rings. The zero-order chi connectivity index (χ0) is 20.3. The fraction of sp³-hybridized carbons (Fsp3) is 0.130. The van der Waals surface area contributed by atoms with E-state index < -0.39 is 10.5 Å². The summed E-state index contributed by atoms with van der Waals surface area (Å²) in [5.41, 5.74) is 2.52. The van der Waals surface area contributed by atoms with Gasteiger partial charge in [0.15, 0.2) is 0 Å². The van der Waals surface area contributed by atoms with Crippen LogP contribution in [0.4, 0.5) is 0 Å². The van der Waals surface area contributed by atoms with Crippen LogP contribution in [0.3, 0.4) is 0 Å². The Bertz CT molecular complexity index is 1010. The molecule has 0 fully saturated rings. The van der Waals surface area contributed by atoms with E-state index in [4.69, 9.17) is 27.9 Å². The molecule has 0 saturated carbocycles. The second kappa shape index (κ2) is 8.17. The standard InChI is InChI=1S/C23H18Cl2O3/c1-23(2,16-6-4-3-5-7-16)17-9-11-18(12-10-17)28-20-14-15(21(24)26)8-13-19(20)22(25)27/h3-14H,1-2H3. The van der Waals surface area contributed by atoms with Gasteiger partial charge in [-0.25, -0.2) is 0 Å². The Hall–Kier alpha value is -2.62. The average Bonchev–Trinajstić information content (AvgIpc) is 2.69. The molecule has 0 radical (unpaired) electrons. The number of halogens is 2. The molecule has 0 aromatic heterocycles. The van der Waals surface area contributed by atoms with Gasteiger partial charge in [-0.15, -0.1) is 0 Å². The molecule has 0 aliphatic carbocycles. The first-order valence-corrected chi connectivity index (χ1v) is 9.42. The van der Waals surface area contributed by atoms with Crippen molar-refractivity contribution in [3.63, 3.8) is 0 Å². The molecule has 28 heavy (non-hydrogen) atoms. The molecule has 142 valence electrons. The van der Waals surface area contributed by atoms with Crippen LogP contribution in [0.5, 0.6) is 11.5 Å². The molecule has 3 rings (SSSR count). The third-order valence-corrected chi connectivity index (χ3v) is 5.14. The fourth-order valence-electron chi connectivity index (χ4n) is 2.98. The van der Waals surface area contributed by atoms with Crippen LogP contribution in [-0.2, 0) is 5.41 Å². The molecule has 0 unspecified atom stereocenters. The van der Waals surface area contributed by atoms with E-state index in [2.05, 4.69) is 26.0 Å². The quantitative estimate of drug-likeness (QED) is 0.430. The van der Waals surface area contributed by atoms with Crippen LogP contribution >= 0.6 is 23.2 Å². The smallest absolute Gasteiger partial charge is 0.256 e. The van der Waals surface area contributed by atoms with Crippen molar-refractivity contribution in [2.75, 3.05) is 0 Å². The number of hydrogen-bond acceptors (Lipinski definition) is 3. The zero-order valence-corrected chi connectivity index (χ0v) is 16.9. The van der Waals surface area contributed by atoms with Gasteiger partial charge in [-0.1, -0.05) is 56.3 Å². The number of carbonyl (C=O) groups is 2. The number of hydrogen-bond donors (Lipinski definition) is 0. The van der Waals surface area contributed by atoms with Crippen molar-refractivity contribution < 1.29 is 14.3 Å². The first-order chi connectivity index (χ1) is 13.3. The van der Waals surface area contributed by atoms with Gasteiger partial charge in [0, 0.05) is 11.0 Å². The second-order valence-corrected chi connectivity index (χ2v) is 7.56. The zero-order valence-electron chi connectivity index (χ0n) is 15.4. The summed E-state index contributed by atoms with van der Waals surface area (Å²) in [6, 6.07) is 22.1. The monoisotopic (exact) mass is 412 g/mol. The van der Waals surface area contributed by atoms with Gasteiger partial charge in [-0.05, 0) is 64.7 Å². The molecule has 0 N–H and O–H groups in total. The number of carbonyl (C=O) groups excluding carboxylic acids is 2. The van der Waals surface area contributed by atoms with E-state index in [1.165, 1.54) is 23.8 Å². The van der Waals surface area contributed by atoms with Crippen molar-refractivity contribution in [1.29, 1.82) is 0 Å². The topological polar surface area (TPSA) is 43.4 Å². The van der Waals surface area contributed by atoms with E-state index >= 15 is 0 Å². The summed E-state index contributed by atoms with van der Waals surface area (Å²) in [5, 5.41) is -1.32. The molecular formula is C23H18Cl2O3. The Morgan fingerprint density at radius 3 is 1.96 bits per heavy atom. The minimum absolute atomic E-state index is 0.164. The molecule has 0 aliphatic heterocycles. The molecule has 3 nitrogen and oxygen atoms in total. The highest BCUT2D eigenvalue weighted by atomic mass is 35.5. The minimum atomic E-state index is -0.676. The molecule has 5 heteroatoms. The van der Waals surface area contributed by atoms with Gasteiger partial charge in [-0.2, -0.15) is 0 Å². The van der Waals surface area contributed by atoms with Crippen LogP contribution in [-0.4, -0.2) is 10.5 Å².